The van der Waals surface area contributed by atoms with Crippen molar-refractivity contribution in [2.45, 2.75) is 388 Å². The quantitative estimate of drug-likeness (QED) is 0.0413. The van der Waals surface area contributed by atoms with E-state index in [0.717, 1.165) is 57.8 Å². The molecule has 532 valence electrons. The Morgan fingerprint density at radius 2 is 0.271 bits per heavy atom. The van der Waals surface area contributed by atoms with Crippen molar-refractivity contribution in [2.24, 2.45) is 94.7 Å². The van der Waals surface area contributed by atoms with Gasteiger partial charge in [0.1, 0.15) is 0 Å². The maximum atomic E-state index is 9.20. The SMILES string of the molecule is CC(C)C(O)C(C)C.CC(C)C(O)C(C)C.CC(C)C(O)C(C)C.CC(C)C(O)C(C)C.CC(C)C(O)C(C)C.CCC(O)C(C)C.CCC(O)CC(C)C.CC[C@@H](O)C(C)C.CC[C@@H](O)CC(C)C.CC[C@H](O)C(C)C.CC[C@H](O)CC(C)C. The van der Waals surface area contributed by atoms with Crippen LogP contribution in [0, 0.1) is 94.7 Å². The first-order chi connectivity index (χ1) is 38.3. The average Bonchev–Trinajstić information content (AvgIpc) is 3.39. The van der Waals surface area contributed by atoms with E-state index >= 15 is 0 Å². The third kappa shape index (κ3) is 97.4. The van der Waals surface area contributed by atoms with E-state index in [2.05, 4.69) is 41.5 Å². The molecule has 11 N–H and O–H groups in total. The van der Waals surface area contributed by atoms with Gasteiger partial charge in [-0.3, -0.25) is 0 Å². The summed E-state index contributed by atoms with van der Waals surface area (Å²) in [6.07, 6.45) is 6.94. The zero-order chi connectivity index (χ0) is 71.0. The van der Waals surface area contributed by atoms with E-state index in [9.17, 15) is 25.5 Å². The van der Waals surface area contributed by atoms with Gasteiger partial charge >= 0.3 is 0 Å². The van der Waals surface area contributed by atoms with Gasteiger partial charge in [-0.15, -0.1) is 0 Å². The highest BCUT2D eigenvalue weighted by molar-refractivity contribution is 4.66. The minimum absolute atomic E-state index is 0.0741. The molecule has 0 aromatic carbocycles. The normalized spacial score (nSPS) is 13.5. The van der Waals surface area contributed by atoms with Crippen molar-refractivity contribution < 1.29 is 56.2 Å². The second kappa shape index (κ2) is 71.0. The van der Waals surface area contributed by atoms with Gasteiger partial charge in [-0.25, -0.2) is 0 Å². The van der Waals surface area contributed by atoms with Crippen LogP contribution in [0.25, 0.3) is 0 Å². The fourth-order valence-corrected chi connectivity index (χ4v) is 7.40. The summed E-state index contributed by atoms with van der Waals surface area (Å²) in [6, 6.07) is 0. The molecule has 0 aromatic heterocycles. The van der Waals surface area contributed by atoms with Crippen molar-refractivity contribution in [1.82, 2.24) is 0 Å². The summed E-state index contributed by atoms with van der Waals surface area (Å²) in [4.78, 5) is 0. The lowest BCUT2D eigenvalue weighted by Crippen LogP contribution is -2.20. The van der Waals surface area contributed by atoms with E-state index < -0.39 is 0 Å². The zero-order valence-corrected chi connectivity index (χ0v) is 64.9. The number of hydrogen-bond acceptors (Lipinski definition) is 11. The predicted octanol–water partition coefficient (Wildman–Crippen LogP) is 17.9. The Bertz CT molecular complexity index is 968. The summed E-state index contributed by atoms with van der Waals surface area (Å²) in [7, 11) is 0. The molecule has 85 heavy (non-hydrogen) atoms. The second-order valence-corrected chi connectivity index (χ2v) is 29.6. The molecule has 0 amide bonds. The third-order valence-corrected chi connectivity index (χ3v) is 14.0. The Labute approximate surface area is 536 Å². The molecule has 0 saturated heterocycles. The van der Waals surface area contributed by atoms with E-state index in [0.29, 0.717) is 94.7 Å². The van der Waals surface area contributed by atoms with Crippen LogP contribution in [0.5, 0.6) is 0 Å². The van der Waals surface area contributed by atoms with Crippen LogP contribution in [-0.2, 0) is 0 Å². The first-order valence-corrected chi connectivity index (χ1v) is 34.8. The first kappa shape index (κ1) is 109. The number of hydrogen-bond donors (Lipinski definition) is 11. The number of aliphatic hydroxyl groups is 11. The fraction of sp³-hybridized carbons (Fsp3) is 1.00. The molecule has 0 spiro atoms. The van der Waals surface area contributed by atoms with Crippen LogP contribution in [0.2, 0.25) is 0 Å². The van der Waals surface area contributed by atoms with Gasteiger partial charge in [0.25, 0.3) is 0 Å². The van der Waals surface area contributed by atoms with E-state index in [1.54, 1.807) is 0 Å². The standard InChI is InChI=1S/8C7H16O.3C6H14O/c5*1-5(2)7(8)6(3)4;3*1-4-7(8)5-6(2)3;3*1-4-6(7)5(2)3/h5*5-8H,1-4H3;3*6-8H,4-5H2,1-3H3;3*5-7H,4H2,1-3H3/t;;;;;2*7-;;2*6-;/m.....10.10./s1. The Morgan fingerprint density at radius 3 is 0.282 bits per heavy atom. The summed E-state index contributed by atoms with van der Waals surface area (Å²) < 4.78 is 0. The van der Waals surface area contributed by atoms with Crippen molar-refractivity contribution >= 4 is 0 Å². The monoisotopic (exact) mass is 1240 g/mol. The van der Waals surface area contributed by atoms with Crippen molar-refractivity contribution in [3.63, 3.8) is 0 Å². The van der Waals surface area contributed by atoms with Gasteiger partial charge in [-0.1, -0.05) is 263 Å². The molecule has 0 aliphatic heterocycles. The van der Waals surface area contributed by atoms with Gasteiger partial charge in [0, 0.05) is 0 Å². The molecule has 0 fully saturated rings. The van der Waals surface area contributed by atoms with Crippen molar-refractivity contribution in [1.29, 1.82) is 0 Å². The van der Waals surface area contributed by atoms with E-state index in [1.807, 2.05) is 222 Å². The molecule has 0 saturated carbocycles. The van der Waals surface area contributed by atoms with Crippen LogP contribution in [0.15, 0.2) is 0 Å². The van der Waals surface area contributed by atoms with E-state index in [-0.39, 0.29) is 67.1 Å². The molecular weight excluding hydrogens is 1060 g/mol. The Morgan fingerprint density at radius 1 is 0.165 bits per heavy atom. The van der Waals surface area contributed by atoms with Crippen LogP contribution in [0.3, 0.4) is 0 Å². The van der Waals surface area contributed by atoms with E-state index in [1.165, 1.54) is 0 Å². The zero-order valence-electron chi connectivity index (χ0n) is 64.9. The molecule has 0 heterocycles. The minimum Gasteiger partial charge on any atom is -0.393 e. The van der Waals surface area contributed by atoms with E-state index in [4.69, 9.17) is 30.6 Å². The predicted molar refractivity (Wildman–Crippen MR) is 379 cm³/mol. The average molecular weight is 1240 g/mol. The van der Waals surface area contributed by atoms with Gasteiger partial charge in [0.05, 0.1) is 67.1 Å². The molecule has 11 nitrogen and oxygen atoms in total. The summed E-state index contributed by atoms with van der Waals surface area (Å²) in [5, 5.41) is 99.9. The molecule has 0 radical (unpaired) electrons. The maximum Gasteiger partial charge on any atom is 0.0586 e. The number of rotatable bonds is 25. The smallest absolute Gasteiger partial charge is 0.0586 e. The molecular formula is C74H170O11. The highest BCUT2D eigenvalue weighted by Crippen LogP contribution is 2.14. The second-order valence-electron chi connectivity index (χ2n) is 29.6. The van der Waals surface area contributed by atoms with Crippen molar-refractivity contribution in [3.05, 3.63) is 0 Å². The molecule has 0 aliphatic carbocycles. The Balaban J connectivity index is -0.0000000788. The van der Waals surface area contributed by atoms with Gasteiger partial charge in [0.2, 0.25) is 0 Å². The van der Waals surface area contributed by atoms with Gasteiger partial charge < -0.3 is 56.2 Å². The molecule has 6 atom stereocenters. The van der Waals surface area contributed by atoms with Crippen LogP contribution in [0.4, 0.5) is 0 Å². The number of aliphatic hydroxyl groups excluding tert-OH is 11. The summed E-state index contributed by atoms with van der Waals surface area (Å²) in [5.74, 6) is 7.13. The van der Waals surface area contributed by atoms with Crippen LogP contribution >= 0.6 is 0 Å². The highest BCUT2D eigenvalue weighted by Gasteiger charge is 2.15. The van der Waals surface area contributed by atoms with Gasteiger partial charge in [0.15, 0.2) is 0 Å². The maximum absolute atomic E-state index is 9.20. The fourth-order valence-electron chi connectivity index (χ4n) is 7.40. The Kier molecular flexibility index (Phi) is 91.2. The lowest BCUT2D eigenvalue weighted by atomic mass is 9.97. The summed E-state index contributed by atoms with van der Waals surface area (Å²) in [6.45, 7) is 77.5. The molecule has 0 aliphatic rings. The van der Waals surface area contributed by atoms with Gasteiger partial charge in [-0.2, -0.15) is 0 Å². The Hall–Kier alpha value is -0.440. The van der Waals surface area contributed by atoms with Crippen LogP contribution < -0.4 is 0 Å². The van der Waals surface area contributed by atoms with Crippen LogP contribution in [-0.4, -0.2) is 123 Å². The lowest BCUT2D eigenvalue weighted by Gasteiger charge is -2.17. The summed E-state index contributed by atoms with van der Waals surface area (Å²) in [5.41, 5.74) is 0. The van der Waals surface area contributed by atoms with Crippen molar-refractivity contribution in [2.75, 3.05) is 0 Å². The molecule has 11 heteroatoms. The minimum atomic E-state index is -0.130. The largest absolute Gasteiger partial charge is 0.393 e. The molecule has 2 unspecified atom stereocenters. The molecule has 0 rings (SSSR count). The molecule has 0 aromatic rings. The third-order valence-electron chi connectivity index (χ3n) is 14.0. The highest BCUT2D eigenvalue weighted by atomic mass is 16.3. The topological polar surface area (TPSA) is 223 Å². The lowest BCUT2D eigenvalue weighted by molar-refractivity contribution is 0.0800. The van der Waals surface area contributed by atoms with Crippen LogP contribution in [0.1, 0.15) is 321 Å². The first-order valence-electron chi connectivity index (χ1n) is 34.8. The van der Waals surface area contributed by atoms with Gasteiger partial charge in [-0.05, 0) is 152 Å². The van der Waals surface area contributed by atoms with Crippen molar-refractivity contribution in [3.8, 4) is 0 Å². The summed E-state index contributed by atoms with van der Waals surface area (Å²) >= 11 is 0. The molecule has 0 bridgehead atoms.